The van der Waals surface area contributed by atoms with Crippen LogP contribution in [0.1, 0.15) is 43.5 Å². The molecule has 128 valence electrons. The number of aromatic nitrogens is 2. The summed E-state index contributed by atoms with van der Waals surface area (Å²) in [6.45, 7) is 0.487. The van der Waals surface area contributed by atoms with Gasteiger partial charge in [0, 0.05) is 12.2 Å². The van der Waals surface area contributed by atoms with Crippen LogP contribution in [0.3, 0.4) is 0 Å². The van der Waals surface area contributed by atoms with E-state index in [1.807, 2.05) is 29.2 Å². The predicted octanol–water partition coefficient (Wildman–Crippen LogP) is 3.72. The molecule has 0 atom stereocenters. The molecule has 0 spiro atoms. The van der Waals surface area contributed by atoms with Crippen LogP contribution in [0.4, 0.5) is 10.5 Å². The van der Waals surface area contributed by atoms with Crippen LogP contribution in [0.25, 0.3) is 0 Å². The van der Waals surface area contributed by atoms with Crippen molar-refractivity contribution in [3.05, 3.63) is 54.1 Å². The van der Waals surface area contributed by atoms with Gasteiger partial charge in [-0.3, -0.25) is 4.98 Å². The van der Waals surface area contributed by atoms with Crippen LogP contribution in [-0.2, 0) is 6.54 Å². The van der Waals surface area contributed by atoms with E-state index in [9.17, 15) is 4.79 Å². The van der Waals surface area contributed by atoms with Crippen molar-refractivity contribution in [2.24, 2.45) is 0 Å². The highest BCUT2D eigenvalue weighted by Crippen LogP contribution is 2.24. The van der Waals surface area contributed by atoms with Crippen molar-refractivity contribution in [2.45, 2.75) is 44.7 Å². The van der Waals surface area contributed by atoms with E-state index in [1.165, 1.54) is 12.6 Å². The van der Waals surface area contributed by atoms with Crippen molar-refractivity contribution in [3.63, 3.8) is 0 Å². The Bertz CT molecular complexity index is 733. The maximum absolute atomic E-state index is 12.9. The third-order valence-electron chi connectivity index (χ3n) is 4.46. The lowest BCUT2D eigenvalue weighted by atomic mass is 9.94. The highest BCUT2D eigenvalue weighted by molar-refractivity contribution is 5.89. The van der Waals surface area contributed by atoms with Gasteiger partial charge in [-0.05, 0) is 37.1 Å². The van der Waals surface area contributed by atoms with E-state index >= 15 is 0 Å². The lowest BCUT2D eigenvalue weighted by Crippen LogP contribution is -2.43. The SMILES string of the molecule is N#Cc1ccc(NC(=O)N(Cc2ccccn2)C2CCCCC2)cn1. The molecule has 25 heavy (non-hydrogen) atoms. The summed E-state index contributed by atoms with van der Waals surface area (Å²) in [4.78, 5) is 23.1. The third-order valence-corrected chi connectivity index (χ3v) is 4.46. The molecule has 0 unspecified atom stereocenters. The Morgan fingerprint density at radius 3 is 2.68 bits per heavy atom. The van der Waals surface area contributed by atoms with Gasteiger partial charge < -0.3 is 10.2 Å². The van der Waals surface area contributed by atoms with Crippen molar-refractivity contribution in [3.8, 4) is 6.07 Å². The van der Waals surface area contributed by atoms with Gasteiger partial charge in [0.1, 0.15) is 11.8 Å². The number of pyridine rings is 2. The Balaban J connectivity index is 1.74. The van der Waals surface area contributed by atoms with E-state index in [0.717, 1.165) is 31.4 Å². The fraction of sp³-hybridized carbons (Fsp3) is 0.368. The van der Waals surface area contributed by atoms with Crippen molar-refractivity contribution in [2.75, 3.05) is 5.32 Å². The minimum Gasteiger partial charge on any atom is -0.316 e. The number of urea groups is 1. The van der Waals surface area contributed by atoms with Crippen LogP contribution in [0, 0.1) is 11.3 Å². The average Bonchev–Trinajstić information content (AvgIpc) is 2.68. The van der Waals surface area contributed by atoms with E-state index < -0.39 is 0 Å². The molecule has 1 aliphatic rings. The molecule has 1 fully saturated rings. The third kappa shape index (κ3) is 4.54. The molecular weight excluding hydrogens is 314 g/mol. The molecule has 2 aromatic heterocycles. The van der Waals surface area contributed by atoms with Gasteiger partial charge >= 0.3 is 6.03 Å². The highest BCUT2D eigenvalue weighted by atomic mass is 16.2. The molecule has 2 heterocycles. The topological polar surface area (TPSA) is 81.9 Å². The van der Waals surface area contributed by atoms with Gasteiger partial charge in [0.2, 0.25) is 0 Å². The lowest BCUT2D eigenvalue weighted by Gasteiger charge is -2.34. The lowest BCUT2D eigenvalue weighted by molar-refractivity contribution is 0.162. The Morgan fingerprint density at radius 2 is 2.04 bits per heavy atom. The molecule has 1 aliphatic carbocycles. The van der Waals surface area contributed by atoms with Gasteiger partial charge in [-0.15, -0.1) is 0 Å². The summed E-state index contributed by atoms with van der Waals surface area (Å²) in [6, 6.07) is 11.1. The zero-order chi connectivity index (χ0) is 17.5. The minimum absolute atomic E-state index is 0.149. The van der Waals surface area contributed by atoms with E-state index in [1.54, 1.807) is 18.3 Å². The zero-order valence-corrected chi connectivity index (χ0v) is 14.1. The fourth-order valence-corrected chi connectivity index (χ4v) is 3.15. The molecule has 0 radical (unpaired) electrons. The number of nitrogens with zero attached hydrogens (tertiary/aromatic N) is 4. The summed E-state index contributed by atoms with van der Waals surface area (Å²) < 4.78 is 0. The van der Waals surface area contributed by atoms with Gasteiger partial charge in [-0.1, -0.05) is 25.3 Å². The summed E-state index contributed by atoms with van der Waals surface area (Å²) in [7, 11) is 0. The van der Waals surface area contributed by atoms with Crippen molar-refractivity contribution < 1.29 is 4.79 Å². The number of nitriles is 1. The van der Waals surface area contributed by atoms with E-state index in [-0.39, 0.29) is 12.1 Å². The first-order valence-corrected chi connectivity index (χ1v) is 8.60. The molecule has 6 nitrogen and oxygen atoms in total. The molecule has 1 N–H and O–H groups in total. The first-order valence-electron chi connectivity index (χ1n) is 8.60. The second-order valence-electron chi connectivity index (χ2n) is 6.21. The molecular formula is C19H21N5O. The molecule has 0 aliphatic heterocycles. The van der Waals surface area contributed by atoms with Gasteiger partial charge in [0.25, 0.3) is 0 Å². The quantitative estimate of drug-likeness (QED) is 0.923. The molecule has 6 heteroatoms. The molecule has 0 bridgehead atoms. The van der Waals surface area contributed by atoms with Crippen molar-refractivity contribution in [1.82, 2.24) is 14.9 Å². The number of nitrogens with one attached hydrogen (secondary N) is 1. The van der Waals surface area contributed by atoms with E-state index in [0.29, 0.717) is 17.9 Å². The Labute approximate surface area is 147 Å². The second kappa shape index (κ2) is 8.25. The van der Waals surface area contributed by atoms with Crippen LogP contribution >= 0.6 is 0 Å². The van der Waals surface area contributed by atoms with Crippen LogP contribution in [0.2, 0.25) is 0 Å². The number of carbonyl (C=O) groups excluding carboxylic acids is 1. The molecule has 2 amide bonds. The van der Waals surface area contributed by atoms with Crippen molar-refractivity contribution >= 4 is 11.7 Å². The number of hydrogen-bond donors (Lipinski definition) is 1. The summed E-state index contributed by atoms with van der Waals surface area (Å²) in [5.74, 6) is 0. The van der Waals surface area contributed by atoms with Crippen LogP contribution < -0.4 is 5.32 Å². The Morgan fingerprint density at radius 1 is 1.20 bits per heavy atom. The molecule has 0 saturated heterocycles. The van der Waals surface area contributed by atoms with Crippen LogP contribution in [0.15, 0.2) is 42.7 Å². The normalized spacial score (nSPS) is 14.5. The summed E-state index contributed by atoms with van der Waals surface area (Å²) in [5, 5.41) is 11.7. The standard InChI is InChI=1S/C19H21N5O/c20-12-15-9-10-16(13-22-15)23-19(25)24(18-7-2-1-3-8-18)14-17-6-4-5-11-21-17/h4-6,9-11,13,18H,1-3,7-8,14H2,(H,23,25). The van der Waals surface area contributed by atoms with Crippen LogP contribution in [0.5, 0.6) is 0 Å². The smallest absolute Gasteiger partial charge is 0.316 e. The van der Waals surface area contributed by atoms with Crippen LogP contribution in [-0.4, -0.2) is 26.9 Å². The Hall–Kier alpha value is -2.94. The number of anilines is 1. The first-order chi connectivity index (χ1) is 12.3. The van der Waals surface area contributed by atoms with Gasteiger partial charge in [-0.25, -0.2) is 9.78 Å². The minimum atomic E-state index is -0.149. The number of amides is 2. The second-order valence-corrected chi connectivity index (χ2v) is 6.21. The van der Waals surface area contributed by atoms with Gasteiger partial charge in [0.05, 0.1) is 24.1 Å². The maximum Gasteiger partial charge on any atom is 0.322 e. The summed E-state index contributed by atoms with van der Waals surface area (Å²) in [6.07, 6.45) is 8.82. The largest absolute Gasteiger partial charge is 0.322 e. The number of rotatable bonds is 4. The number of carbonyl (C=O) groups is 1. The number of hydrogen-bond acceptors (Lipinski definition) is 4. The van der Waals surface area contributed by atoms with E-state index in [4.69, 9.17) is 5.26 Å². The molecule has 1 saturated carbocycles. The maximum atomic E-state index is 12.9. The predicted molar refractivity (Wildman–Crippen MR) is 94.6 cm³/mol. The van der Waals surface area contributed by atoms with E-state index in [2.05, 4.69) is 15.3 Å². The fourth-order valence-electron chi connectivity index (χ4n) is 3.15. The average molecular weight is 335 g/mol. The summed E-state index contributed by atoms with van der Waals surface area (Å²) >= 11 is 0. The monoisotopic (exact) mass is 335 g/mol. The first kappa shape index (κ1) is 16.9. The van der Waals surface area contributed by atoms with Gasteiger partial charge in [-0.2, -0.15) is 5.26 Å². The zero-order valence-electron chi connectivity index (χ0n) is 14.1. The molecule has 3 rings (SSSR count). The molecule has 2 aromatic rings. The Kier molecular flexibility index (Phi) is 5.57. The van der Waals surface area contributed by atoms with Gasteiger partial charge in [0.15, 0.2) is 0 Å². The summed E-state index contributed by atoms with van der Waals surface area (Å²) in [5.41, 5.74) is 1.79. The highest BCUT2D eigenvalue weighted by Gasteiger charge is 2.26. The van der Waals surface area contributed by atoms with Crippen molar-refractivity contribution in [1.29, 1.82) is 5.26 Å². The molecule has 0 aromatic carbocycles.